The van der Waals surface area contributed by atoms with Gasteiger partial charge in [0.25, 0.3) is 0 Å². The summed E-state index contributed by atoms with van der Waals surface area (Å²) in [5.41, 5.74) is 0. The summed E-state index contributed by atoms with van der Waals surface area (Å²) in [6.07, 6.45) is 4.07. The molecule has 1 nitrogen and oxygen atoms in total. The quantitative estimate of drug-likeness (QED) is 0.427. The summed E-state index contributed by atoms with van der Waals surface area (Å²) in [5, 5.41) is 0. The molecule has 0 aliphatic rings. The Kier molecular flexibility index (Phi) is 6.42. The largest absolute Gasteiger partial charge is 0.423 e. The Hall–Kier alpha value is 0.177. The number of rotatable bonds is 5. The van der Waals surface area contributed by atoms with Gasteiger partial charge < -0.3 is 4.43 Å². The molecule has 0 N–H and O–H groups in total. The van der Waals surface area contributed by atoms with Crippen molar-refractivity contribution in [3.05, 3.63) is 0 Å². The van der Waals surface area contributed by atoms with Crippen LogP contribution in [0.2, 0.25) is 12.6 Å². The first-order chi connectivity index (χ1) is 4.31. The van der Waals surface area contributed by atoms with Gasteiger partial charge in [-0.05, 0) is 12.6 Å². The van der Waals surface area contributed by atoms with Gasteiger partial charge in [0.1, 0.15) is 0 Å². The van der Waals surface area contributed by atoms with E-state index in [1.54, 1.807) is 0 Å². The maximum absolute atomic E-state index is 5.24. The molecular formula is C7H18OSi. The average Bonchev–Trinajstić information content (AvgIpc) is 1.89. The topological polar surface area (TPSA) is 9.23 Å². The summed E-state index contributed by atoms with van der Waals surface area (Å²) in [5.74, 6) is 0. The third kappa shape index (κ3) is 6.06. The van der Waals surface area contributed by atoms with Crippen LogP contribution in [0.5, 0.6) is 0 Å². The van der Waals surface area contributed by atoms with Crippen LogP contribution in [0.1, 0.15) is 26.2 Å². The molecule has 2 heteroatoms. The van der Waals surface area contributed by atoms with E-state index in [4.69, 9.17) is 4.43 Å². The van der Waals surface area contributed by atoms with Crippen LogP contribution in [0, 0.1) is 0 Å². The zero-order valence-electron chi connectivity index (χ0n) is 6.81. The molecule has 0 saturated carbocycles. The molecule has 0 heterocycles. The highest BCUT2D eigenvalue weighted by Gasteiger charge is 1.99. The summed E-state index contributed by atoms with van der Waals surface area (Å²) in [6, 6.07) is 1.35. The second-order valence-electron chi connectivity index (χ2n) is 2.54. The van der Waals surface area contributed by atoms with Crippen LogP contribution in [-0.2, 0) is 4.43 Å². The van der Waals surface area contributed by atoms with Crippen LogP contribution in [0.25, 0.3) is 0 Å². The van der Waals surface area contributed by atoms with E-state index in [1.807, 2.05) is 7.11 Å². The molecule has 0 bridgehead atoms. The lowest BCUT2D eigenvalue weighted by Crippen LogP contribution is -2.08. The van der Waals surface area contributed by atoms with Crippen molar-refractivity contribution in [2.45, 2.75) is 38.8 Å². The molecule has 1 atom stereocenters. The Labute approximate surface area is 60.1 Å². The highest BCUT2D eigenvalue weighted by atomic mass is 28.3. The fraction of sp³-hybridized carbons (Fsp3) is 1.00. The molecular weight excluding hydrogens is 128 g/mol. The number of hydrogen-bond donors (Lipinski definition) is 0. The Morgan fingerprint density at radius 1 is 1.33 bits per heavy atom. The molecule has 0 aliphatic carbocycles. The van der Waals surface area contributed by atoms with Crippen molar-refractivity contribution in [2.24, 2.45) is 0 Å². The summed E-state index contributed by atoms with van der Waals surface area (Å²) in [4.78, 5) is 0. The lowest BCUT2D eigenvalue weighted by molar-refractivity contribution is 0.421. The van der Waals surface area contributed by atoms with Crippen molar-refractivity contribution in [2.75, 3.05) is 7.11 Å². The van der Waals surface area contributed by atoms with E-state index < -0.39 is 9.04 Å². The second-order valence-corrected chi connectivity index (χ2v) is 5.21. The van der Waals surface area contributed by atoms with Crippen LogP contribution in [0.4, 0.5) is 0 Å². The van der Waals surface area contributed by atoms with E-state index in [1.165, 1.54) is 25.3 Å². The first kappa shape index (κ1) is 9.18. The van der Waals surface area contributed by atoms with Gasteiger partial charge >= 0.3 is 0 Å². The fourth-order valence-corrected chi connectivity index (χ4v) is 1.90. The zero-order valence-corrected chi connectivity index (χ0v) is 7.97. The average molecular weight is 146 g/mol. The first-order valence-corrected chi connectivity index (χ1v) is 6.28. The Balaban J connectivity index is 2.88. The second kappa shape index (κ2) is 6.30. The van der Waals surface area contributed by atoms with Crippen LogP contribution >= 0.6 is 0 Å². The van der Waals surface area contributed by atoms with Crippen LogP contribution < -0.4 is 0 Å². The number of hydrogen-bond acceptors (Lipinski definition) is 1. The van der Waals surface area contributed by atoms with Crippen LogP contribution in [-0.4, -0.2) is 16.2 Å². The van der Waals surface area contributed by atoms with E-state index in [2.05, 4.69) is 13.5 Å². The van der Waals surface area contributed by atoms with Gasteiger partial charge in [-0.25, -0.2) is 0 Å². The van der Waals surface area contributed by atoms with E-state index in [0.29, 0.717) is 0 Å². The van der Waals surface area contributed by atoms with E-state index in [0.717, 1.165) is 0 Å². The van der Waals surface area contributed by atoms with Gasteiger partial charge in [0, 0.05) is 7.11 Å². The minimum atomic E-state index is -0.713. The highest BCUT2D eigenvalue weighted by molar-refractivity contribution is 6.50. The van der Waals surface area contributed by atoms with Crippen molar-refractivity contribution in [3.63, 3.8) is 0 Å². The maximum Gasteiger partial charge on any atom is 0.173 e. The lowest BCUT2D eigenvalue weighted by Gasteiger charge is -2.04. The van der Waals surface area contributed by atoms with Gasteiger partial charge in [-0.2, -0.15) is 0 Å². The standard InChI is InChI=1S/C7H18OSi/c1-4-5-6-7-9(3)8-2/h9H,4-7H2,1-3H3. The third-order valence-corrected chi connectivity index (χ3v) is 3.64. The van der Waals surface area contributed by atoms with Gasteiger partial charge in [0.2, 0.25) is 0 Å². The van der Waals surface area contributed by atoms with E-state index in [-0.39, 0.29) is 0 Å². The van der Waals surface area contributed by atoms with Crippen molar-refractivity contribution >= 4 is 9.04 Å². The smallest absolute Gasteiger partial charge is 0.173 e. The molecule has 0 spiro atoms. The summed E-state index contributed by atoms with van der Waals surface area (Å²) in [6.45, 7) is 4.49. The summed E-state index contributed by atoms with van der Waals surface area (Å²) in [7, 11) is 1.12. The van der Waals surface area contributed by atoms with E-state index in [9.17, 15) is 0 Å². The third-order valence-electron chi connectivity index (χ3n) is 1.62. The maximum atomic E-state index is 5.24. The molecule has 0 aromatic rings. The molecule has 56 valence electrons. The number of unbranched alkanes of at least 4 members (excludes halogenated alkanes) is 2. The predicted octanol–water partition coefficient (Wildman–Crippen LogP) is 2.18. The van der Waals surface area contributed by atoms with Crippen LogP contribution in [0.3, 0.4) is 0 Å². The van der Waals surface area contributed by atoms with Gasteiger partial charge in [-0.1, -0.05) is 26.2 Å². The summed E-state index contributed by atoms with van der Waals surface area (Å²) < 4.78 is 5.24. The Bertz CT molecular complexity index is 56.9. The molecule has 9 heavy (non-hydrogen) atoms. The molecule has 0 amide bonds. The van der Waals surface area contributed by atoms with Crippen molar-refractivity contribution in [1.29, 1.82) is 0 Å². The fourth-order valence-electron chi connectivity index (χ4n) is 0.800. The van der Waals surface area contributed by atoms with Gasteiger partial charge in [-0.15, -0.1) is 0 Å². The normalized spacial score (nSPS) is 13.7. The first-order valence-electron chi connectivity index (χ1n) is 3.84. The van der Waals surface area contributed by atoms with E-state index >= 15 is 0 Å². The predicted molar refractivity (Wildman–Crippen MR) is 44.4 cm³/mol. The molecule has 0 saturated heterocycles. The minimum Gasteiger partial charge on any atom is -0.423 e. The molecule has 0 aromatic carbocycles. The molecule has 0 aromatic heterocycles. The molecule has 0 rings (SSSR count). The Morgan fingerprint density at radius 3 is 2.44 bits per heavy atom. The monoisotopic (exact) mass is 146 g/mol. The summed E-state index contributed by atoms with van der Waals surface area (Å²) >= 11 is 0. The SMILES string of the molecule is CCCCC[SiH](C)OC. The van der Waals surface area contributed by atoms with Crippen LogP contribution in [0.15, 0.2) is 0 Å². The molecule has 0 aliphatic heterocycles. The molecule has 0 radical (unpaired) electrons. The highest BCUT2D eigenvalue weighted by Crippen LogP contribution is 2.03. The molecule has 0 fully saturated rings. The van der Waals surface area contributed by atoms with Crippen molar-refractivity contribution in [1.82, 2.24) is 0 Å². The van der Waals surface area contributed by atoms with Crippen molar-refractivity contribution < 1.29 is 4.43 Å². The lowest BCUT2D eigenvalue weighted by atomic mass is 10.3. The van der Waals surface area contributed by atoms with Gasteiger partial charge in [0.15, 0.2) is 9.04 Å². The van der Waals surface area contributed by atoms with Gasteiger partial charge in [0.05, 0.1) is 0 Å². The van der Waals surface area contributed by atoms with Gasteiger partial charge in [-0.3, -0.25) is 0 Å². The molecule has 1 unspecified atom stereocenters. The minimum absolute atomic E-state index is 0.713. The van der Waals surface area contributed by atoms with Crippen molar-refractivity contribution in [3.8, 4) is 0 Å². The Morgan fingerprint density at radius 2 is 2.00 bits per heavy atom. The zero-order chi connectivity index (χ0) is 7.11.